The predicted octanol–water partition coefficient (Wildman–Crippen LogP) is 7.27. The van der Waals surface area contributed by atoms with Gasteiger partial charge in [-0.15, -0.1) is 11.8 Å². The maximum atomic E-state index is 14.0. The van der Waals surface area contributed by atoms with E-state index in [1.165, 1.54) is 23.8 Å². The summed E-state index contributed by atoms with van der Waals surface area (Å²) in [5.41, 5.74) is 2.58. The maximum Gasteiger partial charge on any atom is 0.334 e. The summed E-state index contributed by atoms with van der Waals surface area (Å²) in [6.07, 6.45) is 1.01. The van der Waals surface area contributed by atoms with E-state index in [2.05, 4.69) is 0 Å². The zero-order chi connectivity index (χ0) is 32.7. The first-order valence-electron chi connectivity index (χ1n) is 15.1. The van der Waals surface area contributed by atoms with Gasteiger partial charge >= 0.3 is 5.97 Å². The number of carbonyl (C=O) groups excluding carboxylic acids is 2. The number of rotatable bonds is 7. The molecule has 45 heavy (non-hydrogen) atoms. The number of amides is 1. The molecule has 2 heterocycles. The van der Waals surface area contributed by atoms with Crippen LogP contribution in [0.4, 0.5) is 0 Å². The second-order valence-electron chi connectivity index (χ2n) is 13.7. The molecule has 2 aliphatic rings. The number of methoxy groups -OCH3 is 1. The summed E-state index contributed by atoms with van der Waals surface area (Å²) >= 11 is 1.40. The third kappa shape index (κ3) is 6.06. The van der Waals surface area contributed by atoms with Crippen LogP contribution < -0.4 is 0 Å². The fourth-order valence-electron chi connectivity index (χ4n) is 5.85. The molecule has 0 aliphatic carbocycles. The summed E-state index contributed by atoms with van der Waals surface area (Å²) < 4.78 is 12.0. The molecule has 2 aliphatic heterocycles. The summed E-state index contributed by atoms with van der Waals surface area (Å²) in [5, 5.41) is 12.5. The minimum atomic E-state index is -1.51. The molecule has 3 aromatic carbocycles. The minimum absolute atomic E-state index is 0.272. The highest BCUT2D eigenvalue weighted by molar-refractivity contribution is 8.03. The van der Waals surface area contributed by atoms with Crippen LogP contribution in [0.15, 0.2) is 88.8 Å². The van der Waals surface area contributed by atoms with E-state index < -0.39 is 35.1 Å². The van der Waals surface area contributed by atoms with Gasteiger partial charge in [-0.3, -0.25) is 4.79 Å². The Morgan fingerprint density at radius 2 is 1.47 bits per heavy atom. The first-order chi connectivity index (χ1) is 21.2. The van der Waals surface area contributed by atoms with Crippen LogP contribution in [0, 0.1) is 0 Å². The Morgan fingerprint density at radius 1 is 0.956 bits per heavy atom. The molecule has 0 saturated carbocycles. The molecule has 0 spiro atoms. The Bertz CT molecular complexity index is 1560. The molecule has 7 nitrogen and oxygen atoms in total. The Hall–Kier alpha value is -3.88. The number of phenolic OH excluding ortho intramolecular Hbond substituents is 1. The number of carbonyl (C=O) groups is 2. The number of aromatic hydroxyl groups is 1. The number of aliphatic imine (C=N–C) groups is 1. The molecule has 3 atom stereocenters. The highest BCUT2D eigenvalue weighted by Gasteiger charge is 2.66. The molecular weight excluding hydrogens is 584 g/mol. The molecule has 1 saturated heterocycles. The fraction of sp³-hybridized carbons (Fsp3) is 0.378. The number of ether oxygens (including phenoxy) is 2. The lowest BCUT2D eigenvalue weighted by molar-refractivity contribution is -0.193. The van der Waals surface area contributed by atoms with E-state index >= 15 is 0 Å². The van der Waals surface area contributed by atoms with Crippen LogP contribution in [0.5, 0.6) is 5.75 Å². The van der Waals surface area contributed by atoms with Crippen molar-refractivity contribution >= 4 is 29.9 Å². The number of phenols is 1. The van der Waals surface area contributed by atoms with Gasteiger partial charge < -0.3 is 19.5 Å². The van der Waals surface area contributed by atoms with Crippen molar-refractivity contribution in [2.24, 2.45) is 4.99 Å². The van der Waals surface area contributed by atoms with Crippen LogP contribution in [-0.4, -0.2) is 52.3 Å². The molecule has 1 fully saturated rings. The number of esters is 1. The highest BCUT2D eigenvalue weighted by Crippen LogP contribution is 2.49. The van der Waals surface area contributed by atoms with Crippen molar-refractivity contribution in [3.05, 3.63) is 112 Å². The lowest BCUT2D eigenvalue weighted by Gasteiger charge is -2.55. The Labute approximate surface area is 270 Å². The summed E-state index contributed by atoms with van der Waals surface area (Å²) in [6.45, 7) is 14.1. The lowest BCUT2D eigenvalue weighted by Crippen LogP contribution is -2.76. The van der Waals surface area contributed by atoms with Crippen LogP contribution in [0.25, 0.3) is 0 Å². The third-order valence-corrected chi connectivity index (χ3v) is 9.66. The van der Waals surface area contributed by atoms with E-state index in [0.717, 1.165) is 27.8 Å². The average molecular weight is 627 g/mol. The second-order valence-corrected chi connectivity index (χ2v) is 14.7. The summed E-state index contributed by atoms with van der Waals surface area (Å²) in [4.78, 5) is 34.1. The Balaban J connectivity index is 1.46. The number of nitrogens with zero attached hydrogens (tertiary/aromatic N) is 2. The van der Waals surface area contributed by atoms with Crippen LogP contribution in [0.3, 0.4) is 0 Å². The third-order valence-electron chi connectivity index (χ3n) is 8.35. The van der Waals surface area contributed by atoms with Crippen LogP contribution >= 0.6 is 11.8 Å². The summed E-state index contributed by atoms with van der Waals surface area (Å²) in [5.74, 6) is -0.652. The van der Waals surface area contributed by atoms with E-state index in [4.69, 9.17) is 14.5 Å². The Kier molecular flexibility index (Phi) is 8.77. The topological polar surface area (TPSA) is 88.4 Å². The van der Waals surface area contributed by atoms with E-state index in [1.54, 1.807) is 6.21 Å². The smallest absolute Gasteiger partial charge is 0.334 e. The van der Waals surface area contributed by atoms with Crippen LogP contribution in [0.1, 0.15) is 82.4 Å². The number of fused-ring (bicyclic) bond motifs is 1. The van der Waals surface area contributed by atoms with Crippen LogP contribution in [-0.2, 0) is 29.9 Å². The highest BCUT2D eigenvalue weighted by atomic mass is 32.2. The average Bonchev–Trinajstić information content (AvgIpc) is 3.00. The van der Waals surface area contributed by atoms with Gasteiger partial charge in [0.2, 0.25) is 0 Å². The second kappa shape index (κ2) is 12.1. The number of thioether (sulfide) groups is 1. The molecule has 1 N–H and O–H groups in total. The van der Waals surface area contributed by atoms with Gasteiger partial charge in [-0.2, -0.15) is 0 Å². The lowest BCUT2D eigenvalue weighted by atomic mass is 9.78. The minimum Gasteiger partial charge on any atom is -0.507 e. The molecular formula is C37H42N2O5S. The quantitative estimate of drug-likeness (QED) is 0.169. The number of hydrogen-bond donors (Lipinski definition) is 1. The van der Waals surface area contributed by atoms with Gasteiger partial charge in [0.15, 0.2) is 12.1 Å². The normalized spacial score (nSPS) is 21.8. The van der Waals surface area contributed by atoms with Gasteiger partial charge in [-0.25, -0.2) is 9.79 Å². The van der Waals surface area contributed by atoms with E-state index in [0.29, 0.717) is 5.57 Å². The monoisotopic (exact) mass is 626 g/mol. The fourth-order valence-corrected chi connectivity index (χ4v) is 7.12. The SMILES string of the molecule is CO[C@@]1(N=Cc2cc(C(C)(C)C)c(O)c(C(C)(C)C)c2)C(=O)N2C(C(=O)OC(c3ccccc3)c3ccccc3)C(C)=CS[C@@H]21. The van der Waals surface area contributed by atoms with Crippen molar-refractivity contribution in [1.82, 2.24) is 4.90 Å². The van der Waals surface area contributed by atoms with Crippen molar-refractivity contribution in [3.8, 4) is 5.75 Å². The molecule has 5 rings (SSSR count). The van der Waals surface area contributed by atoms with Gasteiger partial charge in [-0.1, -0.05) is 102 Å². The Morgan fingerprint density at radius 3 is 1.93 bits per heavy atom. The number of β-lactam (4-membered cyclic amide) rings is 1. The maximum absolute atomic E-state index is 14.0. The van der Waals surface area contributed by atoms with E-state index in [1.807, 2.05) is 127 Å². The van der Waals surface area contributed by atoms with Gasteiger partial charge in [0, 0.05) is 24.5 Å². The summed E-state index contributed by atoms with van der Waals surface area (Å²) in [7, 11) is 1.46. The van der Waals surface area contributed by atoms with E-state index in [9.17, 15) is 14.7 Å². The molecule has 0 bridgehead atoms. The first kappa shape index (κ1) is 32.5. The zero-order valence-corrected chi connectivity index (χ0v) is 28.0. The number of hydrogen-bond acceptors (Lipinski definition) is 7. The van der Waals surface area contributed by atoms with Crippen LogP contribution in [0.2, 0.25) is 0 Å². The van der Waals surface area contributed by atoms with Crippen molar-refractivity contribution < 1.29 is 24.2 Å². The predicted molar refractivity (Wildman–Crippen MR) is 179 cm³/mol. The number of benzene rings is 3. The zero-order valence-electron chi connectivity index (χ0n) is 27.2. The largest absolute Gasteiger partial charge is 0.507 e. The molecule has 8 heteroatoms. The van der Waals surface area contributed by atoms with Gasteiger partial charge in [0.05, 0.1) is 0 Å². The van der Waals surface area contributed by atoms with Crippen molar-refractivity contribution in [2.75, 3.05) is 7.11 Å². The van der Waals surface area contributed by atoms with Gasteiger partial charge in [0.1, 0.15) is 11.1 Å². The molecule has 1 unspecified atom stereocenters. The molecule has 236 valence electrons. The molecule has 1 amide bonds. The van der Waals surface area contributed by atoms with Crippen molar-refractivity contribution in [2.45, 2.75) is 82.5 Å². The van der Waals surface area contributed by atoms with Crippen molar-refractivity contribution in [1.29, 1.82) is 0 Å². The summed E-state index contributed by atoms with van der Waals surface area (Å²) in [6, 6.07) is 22.1. The molecule has 0 radical (unpaired) electrons. The van der Waals surface area contributed by atoms with Gasteiger partial charge in [0.25, 0.3) is 11.6 Å². The van der Waals surface area contributed by atoms with Crippen molar-refractivity contribution in [3.63, 3.8) is 0 Å². The van der Waals surface area contributed by atoms with E-state index in [-0.39, 0.29) is 16.6 Å². The molecule has 0 aromatic heterocycles. The first-order valence-corrected chi connectivity index (χ1v) is 16.1. The molecule has 3 aromatic rings. The standard InChI is InChI=1S/C37H42N2O5S/c1-23-22-45-34-37(43-8,38-21-24-19-27(35(2,3)4)30(40)28(20-24)36(5,6)7)33(42)39(34)29(23)32(41)44-31(25-15-11-9-12-16-25)26-17-13-10-14-18-26/h9-22,29,31,34,40H,1-8H3/t29?,34-,37+/m1/s1. The van der Waals surface area contributed by atoms with Gasteiger partial charge in [-0.05, 0) is 57.6 Å².